The van der Waals surface area contributed by atoms with E-state index < -0.39 is 29.6 Å². The van der Waals surface area contributed by atoms with Crippen molar-refractivity contribution < 1.29 is 24.2 Å². The van der Waals surface area contributed by atoms with E-state index in [-0.39, 0.29) is 12.5 Å². The van der Waals surface area contributed by atoms with Crippen molar-refractivity contribution in [2.45, 2.75) is 24.8 Å². The van der Waals surface area contributed by atoms with Crippen molar-refractivity contribution in [1.29, 1.82) is 0 Å². The first kappa shape index (κ1) is 20.6. The Morgan fingerprint density at radius 2 is 1.71 bits per heavy atom. The lowest BCUT2D eigenvalue weighted by Crippen LogP contribution is -2.38. The number of benzene rings is 2. The van der Waals surface area contributed by atoms with Gasteiger partial charge in [-0.3, -0.25) is 4.90 Å². The predicted octanol–water partition coefficient (Wildman–Crippen LogP) is 4.11. The molecule has 2 aromatic rings. The van der Waals surface area contributed by atoms with Crippen LogP contribution in [0.4, 0.5) is 4.79 Å². The van der Waals surface area contributed by atoms with Gasteiger partial charge in [-0.2, -0.15) is 0 Å². The molecule has 2 aromatic carbocycles. The third kappa shape index (κ3) is 3.65. The molecule has 0 radical (unpaired) electrons. The molecule has 1 aliphatic carbocycles. The van der Waals surface area contributed by atoms with Crippen molar-refractivity contribution >= 4 is 12.1 Å². The number of amides is 1. The molecular formula is C23H22N2O6. The molecule has 0 aromatic heterocycles. The smallest absolute Gasteiger partial charge is 0.410 e. The molecule has 1 aliphatic heterocycles. The Kier molecular flexibility index (Phi) is 5.70. The molecule has 2 aliphatic rings. The highest BCUT2D eigenvalue weighted by Crippen LogP contribution is 2.44. The van der Waals surface area contributed by atoms with Gasteiger partial charge in [0, 0.05) is 12.5 Å². The van der Waals surface area contributed by atoms with Gasteiger partial charge in [-0.05, 0) is 40.3 Å². The number of carbonyl (C=O) groups is 2. The van der Waals surface area contributed by atoms with Crippen LogP contribution in [0.3, 0.4) is 0 Å². The van der Waals surface area contributed by atoms with E-state index in [9.17, 15) is 19.6 Å². The molecule has 160 valence electrons. The molecule has 1 N–H and O–H groups in total. The van der Waals surface area contributed by atoms with Gasteiger partial charge in [-0.15, -0.1) is 4.91 Å². The monoisotopic (exact) mass is 422 g/mol. The van der Waals surface area contributed by atoms with Crippen molar-refractivity contribution in [1.82, 2.24) is 4.90 Å². The normalized spacial score (nSPS) is 18.1. The van der Waals surface area contributed by atoms with E-state index in [1.165, 1.54) is 4.90 Å². The highest BCUT2D eigenvalue weighted by atomic mass is 16.6. The maximum absolute atomic E-state index is 12.8. The molecule has 1 heterocycles. The molecule has 1 saturated heterocycles. The van der Waals surface area contributed by atoms with E-state index in [0.717, 1.165) is 29.4 Å². The van der Waals surface area contributed by atoms with Crippen molar-refractivity contribution in [2.75, 3.05) is 20.3 Å². The summed E-state index contributed by atoms with van der Waals surface area (Å²) in [7, 11) is 1.08. The van der Waals surface area contributed by atoms with Gasteiger partial charge in [-0.1, -0.05) is 48.5 Å². The Labute approximate surface area is 179 Å². The van der Waals surface area contributed by atoms with Crippen LogP contribution in [-0.2, 0) is 14.3 Å². The number of hydrogen-bond donors (Lipinski definition) is 1. The summed E-state index contributed by atoms with van der Waals surface area (Å²) in [6.07, 6.45) is 0.351. The maximum atomic E-state index is 12.8. The van der Waals surface area contributed by atoms with E-state index in [2.05, 4.69) is 22.0 Å². The van der Waals surface area contributed by atoms with Crippen LogP contribution < -0.4 is 0 Å². The molecule has 0 saturated carbocycles. The second-order valence-electron chi connectivity index (χ2n) is 7.47. The van der Waals surface area contributed by atoms with Gasteiger partial charge in [0.05, 0.1) is 13.2 Å². The number of nitroso groups, excluding NO2 is 1. The average molecular weight is 422 g/mol. The second kappa shape index (κ2) is 8.59. The largest absolute Gasteiger partial charge is 0.507 e. The molecule has 1 amide bonds. The molecule has 8 nitrogen and oxygen atoms in total. The first-order valence-electron chi connectivity index (χ1n) is 10.0. The number of fused-ring (bicyclic) bond motifs is 3. The van der Waals surface area contributed by atoms with Gasteiger partial charge in [0.15, 0.2) is 5.76 Å². The third-order valence-electron chi connectivity index (χ3n) is 5.85. The predicted molar refractivity (Wildman–Crippen MR) is 112 cm³/mol. The summed E-state index contributed by atoms with van der Waals surface area (Å²) in [5.41, 5.74) is 3.70. The number of esters is 1. The van der Waals surface area contributed by atoms with Gasteiger partial charge in [0.2, 0.25) is 5.70 Å². The molecule has 4 rings (SSSR count). The number of likely N-dealkylation sites (tertiary alicyclic amines) is 1. The summed E-state index contributed by atoms with van der Waals surface area (Å²) in [6.45, 7) is 0.467. The Bertz CT molecular complexity index is 1020. The fraction of sp³-hybridized carbons (Fsp3) is 0.304. The summed E-state index contributed by atoms with van der Waals surface area (Å²) in [5.74, 6) is -1.72. The number of ether oxygens (including phenoxy) is 2. The molecule has 0 unspecified atom stereocenters. The molecule has 31 heavy (non-hydrogen) atoms. The van der Waals surface area contributed by atoms with Crippen molar-refractivity contribution in [2.24, 2.45) is 5.18 Å². The fourth-order valence-electron chi connectivity index (χ4n) is 4.39. The Hall–Kier alpha value is -3.68. The number of aliphatic hydroxyl groups is 1. The summed E-state index contributed by atoms with van der Waals surface area (Å²) >= 11 is 0. The van der Waals surface area contributed by atoms with Crippen molar-refractivity contribution in [3.05, 3.63) is 76.0 Å². The number of methoxy groups -OCH3 is 1. The standard InChI is InChI=1S/C23H22N2O6/c1-30-22(27)20(24-29)21(26)19-11-6-12-25(19)23(28)31-13-18-16-9-4-2-7-14(16)15-8-3-5-10-17(15)18/h2-5,7-10,18-19,26H,6,11-13H2,1H3/t19-/m0/s1. The van der Waals surface area contributed by atoms with Crippen LogP contribution >= 0.6 is 0 Å². The molecule has 1 fully saturated rings. The lowest BCUT2D eigenvalue weighted by Gasteiger charge is -2.25. The van der Waals surface area contributed by atoms with Crippen LogP contribution in [0.15, 0.2) is 65.2 Å². The Morgan fingerprint density at radius 1 is 1.10 bits per heavy atom. The van der Waals surface area contributed by atoms with Gasteiger partial charge in [0.1, 0.15) is 6.61 Å². The second-order valence-corrected chi connectivity index (χ2v) is 7.47. The van der Waals surface area contributed by atoms with Crippen LogP contribution in [0.2, 0.25) is 0 Å². The summed E-state index contributed by atoms with van der Waals surface area (Å²) < 4.78 is 10.1. The first-order chi connectivity index (χ1) is 15.1. The highest BCUT2D eigenvalue weighted by molar-refractivity contribution is 5.88. The fourth-order valence-corrected chi connectivity index (χ4v) is 4.39. The van der Waals surface area contributed by atoms with Crippen LogP contribution in [0, 0.1) is 4.91 Å². The molecular weight excluding hydrogens is 400 g/mol. The zero-order valence-electron chi connectivity index (χ0n) is 17.0. The van der Waals surface area contributed by atoms with Gasteiger partial charge in [0.25, 0.3) is 0 Å². The number of hydrogen-bond acceptors (Lipinski definition) is 7. The topological polar surface area (TPSA) is 105 Å². The summed E-state index contributed by atoms with van der Waals surface area (Å²) in [5, 5.41) is 13.0. The molecule has 1 atom stereocenters. The zero-order chi connectivity index (χ0) is 22.0. The van der Waals surface area contributed by atoms with Crippen molar-refractivity contribution in [3.8, 4) is 11.1 Å². The summed E-state index contributed by atoms with van der Waals surface area (Å²) in [6, 6.07) is 15.2. The zero-order valence-corrected chi connectivity index (χ0v) is 17.0. The average Bonchev–Trinajstić information content (AvgIpc) is 3.41. The molecule has 8 heteroatoms. The SMILES string of the molecule is COC(=O)C(N=O)=C(O)[C@@H]1CCCN1C(=O)OCC1c2ccccc2-c2ccccc21. The third-order valence-corrected chi connectivity index (χ3v) is 5.85. The molecule has 0 bridgehead atoms. The van der Waals surface area contributed by atoms with E-state index in [1.54, 1.807) is 0 Å². The number of rotatable bonds is 5. The minimum atomic E-state index is -1.05. The van der Waals surface area contributed by atoms with Crippen LogP contribution in [0.5, 0.6) is 0 Å². The first-order valence-corrected chi connectivity index (χ1v) is 10.0. The van der Waals surface area contributed by atoms with Crippen LogP contribution in [0.25, 0.3) is 11.1 Å². The van der Waals surface area contributed by atoms with E-state index >= 15 is 0 Å². The maximum Gasteiger partial charge on any atom is 0.410 e. The van der Waals surface area contributed by atoms with Crippen molar-refractivity contribution in [3.63, 3.8) is 0 Å². The lowest BCUT2D eigenvalue weighted by molar-refractivity contribution is -0.136. The Morgan fingerprint density at radius 3 is 2.29 bits per heavy atom. The minimum Gasteiger partial charge on any atom is -0.507 e. The summed E-state index contributed by atoms with van der Waals surface area (Å²) in [4.78, 5) is 36.8. The van der Waals surface area contributed by atoms with Crippen LogP contribution in [-0.4, -0.2) is 48.4 Å². The van der Waals surface area contributed by atoms with Crippen LogP contribution in [0.1, 0.15) is 29.9 Å². The number of aliphatic hydroxyl groups excluding tert-OH is 1. The van der Waals surface area contributed by atoms with Gasteiger partial charge >= 0.3 is 12.1 Å². The van der Waals surface area contributed by atoms with Gasteiger partial charge in [-0.25, -0.2) is 9.59 Å². The van der Waals surface area contributed by atoms with Gasteiger partial charge < -0.3 is 14.6 Å². The Balaban J connectivity index is 1.52. The minimum absolute atomic E-state index is 0.0937. The van der Waals surface area contributed by atoms with E-state index in [1.807, 2.05) is 36.4 Å². The molecule has 0 spiro atoms. The van der Waals surface area contributed by atoms with E-state index in [0.29, 0.717) is 19.4 Å². The number of nitrogens with zero attached hydrogens (tertiary/aromatic N) is 2. The van der Waals surface area contributed by atoms with E-state index in [4.69, 9.17) is 4.74 Å². The number of carbonyl (C=O) groups excluding carboxylic acids is 2. The lowest BCUT2D eigenvalue weighted by atomic mass is 9.98. The highest BCUT2D eigenvalue weighted by Gasteiger charge is 2.37. The quantitative estimate of drug-likeness (QED) is 0.336.